The van der Waals surface area contributed by atoms with Crippen molar-refractivity contribution in [3.8, 4) is 0 Å². The van der Waals surface area contributed by atoms with Gasteiger partial charge in [0.15, 0.2) is 6.29 Å². The fourth-order valence-corrected chi connectivity index (χ4v) is 10.1. The molecule has 6 aliphatic rings. The first-order valence-electron chi connectivity index (χ1n) is 14.8. The molecule has 0 spiro atoms. The Morgan fingerprint density at radius 1 is 1.05 bits per heavy atom. The van der Waals surface area contributed by atoms with Crippen molar-refractivity contribution >= 4 is 5.97 Å². The Bertz CT molecular complexity index is 1040. The molecule has 0 aromatic carbocycles. The molecule has 226 valence electrons. The predicted molar refractivity (Wildman–Crippen MR) is 137 cm³/mol. The lowest BCUT2D eigenvalue weighted by Crippen LogP contribution is -2.70. The highest BCUT2D eigenvalue weighted by Gasteiger charge is 2.72. The Morgan fingerprint density at radius 2 is 1.80 bits per heavy atom. The molecule has 7 N–H and O–H groups in total. The maximum Gasteiger partial charge on any atom is 0.331 e. The van der Waals surface area contributed by atoms with E-state index in [0.29, 0.717) is 32.1 Å². The van der Waals surface area contributed by atoms with E-state index in [-0.39, 0.29) is 49.8 Å². The summed E-state index contributed by atoms with van der Waals surface area (Å²) in [4.78, 5) is 11.8. The second kappa shape index (κ2) is 9.96. The monoisotopic (exact) mass is 568 g/mol. The van der Waals surface area contributed by atoms with Crippen LogP contribution in [0.2, 0.25) is 0 Å². The molecule has 4 saturated carbocycles. The van der Waals surface area contributed by atoms with Gasteiger partial charge in [-0.2, -0.15) is 0 Å². The molecule has 0 aromatic heterocycles. The topological polar surface area (TPSA) is 186 Å². The van der Waals surface area contributed by atoms with Crippen LogP contribution in [-0.4, -0.2) is 110 Å². The minimum atomic E-state index is -1.46. The Kier molecular flexibility index (Phi) is 7.20. The zero-order valence-electron chi connectivity index (χ0n) is 23.1. The second-order valence-electron chi connectivity index (χ2n) is 13.6. The van der Waals surface area contributed by atoms with Gasteiger partial charge in [-0.25, -0.2) is 4.79 Å². The molecular formula is C29H44O11. The van der Waals surface area contributed by atoms with Crippen molar-refractivity contribution in [1.82, 2.24) is 0 Å². The standard InChI is InChI=1S/C29H44O11/c1-13-23(34)24(35)25(36)26(39-13)40-16-8-15-3-4-18-22(28(15,12-30)20(32)9-16)19(31)10-27(2)17(5-6-29(18,27)37)14-7-21(33)38-11-14/h7,13,15-20,22-26,30-32,34-37H,3-6,8-12H2,1-2H3/t13-,15-,16-,17-,18?,19?,20-,22?,23-,24+,25+,26-,27-,28-,29+/m1/s1. The molecule has 4 aliphatic carbocycles. The van der Waals surface area contributed by atoms with Crippen LogP contribution in [-0.2, 0) is 19.0 Å². The Balaban J connectivity index is 1.25. The van der Waals surface area contributed by atoms with E-state index in [1.807, 2.05) is 6.92 Å². The summed E-state index contributed by atoms with van der Waals surface area (Å²) in [5.41, 5.74) is -2.01. The molecule has 5 fully saturated rings. The SMILES string of the molecule is C[C@H]1O[C@H](O[C@@H]2C[C@H]3CCC4C(C(O)C[C@]5(C)[C@@H](C6=CC(=O)OC6)CC[C@]45O)[C@@]3(CO)[C@H](O)C2)[C@@H](O)[C@@H](O)[C@@H]1O. The first-order valence-corrected chi connectivity index (χ1v) is 14.8. The van der Waals surface area contributed by atoms with Gasteiger partial charge < -0.3 is 50.0 Å². The lowest BCUT2D eigenvalue weighted by atomic mass is 9.41. The lowest BCUT2D eigenvalue weighted by Gasteiger charge is -2.66. The zero-order valence-corrected chi connectivity index (χ0v) is 23.1. The van der Waals surface area contributed by atoms with Crippen LogP contribution in [0.3, 0.4) is 0 Å². The minimum absolute atomic E-state index is 0.102. The largest absolute Gasteiger partial charge is 0.458 e. The van der Waals surface area contributed by atoms with E-state index < -0.39 is 71.4 Å². The van der Waals surface area contributed by atoms with E-state index in [1.54, 1.807) is 6.92 Å². The van der Waals surface area contributed by atoms with Crippen LogP contribution < -0.4 is 0 Å². The maximum absolute atomic E-state index is 12.4. The highest BCUT2D eigenvalue weighted by atomic mass is 16.7. The van der Waals surface area contributed by atoms with Gasteiger partial charge in [0.2, 0.25) is 0 Å². The second-order valence-corrected chi connectivity index (χ2v) is 13.6. The molecule has 0 radical (unpaired) electrons. The van der Waals surface area contributed by atoms with Gasteiger partial charge in [-0.1, -0.05) is 6.92 Å². The van der Waals surface area contributed by atoms with Crippen molar-refractivity contribution < 1.29 is 54.8 Å². The van der Waals surface area contributed by atoms with E-state index >= 15 is 0 Å². The summed E-state index contributed by atoms with van der Waals surface area (Å²) < 4.78 is 16.8. The van der Waals surface area contributed by atoms with E-state index in [2.05, 4.69) is 0 Å². The average molecular weight is 569 g/mol. The zero-order chi connectivity index (χ0) is 28.8. The number of rotatable bonds is 4. The normalized spacial score (nSPS) is 56.1. The third-order valence-corrected chi connectivity index (χ3v) is 12.1. The van der Waals surface area contributed by atoms with Crippen molar-refractivity contribution in [2.75, 3.05) is 13.2 Å². The number of aliphatic hydroxyl groups is 7. The van der Waals surface area contributed by atoms with Gasteiger partial charge in [0, 0.05) is 29.2 Å². The highest BCUT2D eigenvalue weighted by Crippen LogP contribution is 2.70. The molecule has 0 amide bonds. The molecule has 11 heteroatoms. The van der Waals surface area contributed by atoms with Crippen molar-refractivity contribution in [3.63, 3.8) is 0 Å². The van der Waals surface area contributed by atoms with E-state index in [4.69, 9.17) is 14.2 Å². The molecule has 0 bridgehead atoms. The van der Waals surface area contributed by atoms with Gasteiger partial charge in [-0.15, -0.1) is 0 Å². The number of carbonyl (C=O) groups is 1. The molecule has 1 saturated heterocycles. The van der Waals surface area contributed by atoms with E-state index in [0.717, 1.165) is 5.57 Å². The number of ether oxygens (including phenoxy) is 3. The predicted octanol–water partition coefficient (Wildman–Crippen LogP) is -0.630. The average Bonchev–Trinajstić information content (AvgIpc) is 3.45. The Labute approximate surface area is 233 Å². The fraction of sp³-hybridized carbons (Fsp3) is 0.897. The van der Waals surface area contributed by atoms with Crippen molar-refractivity contribution in [3.05, 3.63) is 11.6 Å². The van der Waals surface area contributed by atoms with Crippen LogP contribution >= 0.6 is 0 Å². The number of aliphatic hydroxyl groups excluding tert-OH is 6. The maximum atomic E-state index is 12.4. The molecule has 40 heavy (non-hydrogen) atoms. The van der Waals surface area contributed by atoms with Crippen LogP contribution in [0.1, 0.15) is 58.8 Å². The van der Waals surface area contributed by atoms with Crippen LogP contribution in [0.5, 0.6) is 0 Å². The van der Waals surface area contributed by atoms with E-state index in [9.17, 15) is 40.5 Å². The van der Waals surface area contributed by atoms with E-state index in [1.165, 1.54) is 6.08 Å². The smallest absolute Gasteiger partial charge is 0.331 e. The van der Waals surface area contributed by atoms with Gasteiger partial charge in [0.05, 0.1) is 36.6 Å². The molecule has 3 unspecified atom stereocenters. The summed E-state index contributed by atoms with van der Waals surface area (Å²) >= 11 is 0. The molecule has 11 nitrogen and oxygen atoms in total. The molecule has 6 rings (SSSR count). The fourth-order valence-electron chi connectivity index (χ4n) is 10.1. The molecule has 2 heterocycles. The van der Waals surface area contributed by atoms with Gasteiger partial charge in [0.25, 0.3) is 0 Å². The Morgan fingerprint density at radius 3 is 2.48 bits per heavy atom. The summed E-state index contributed by atoms with van der Waals surface area (Å²) in [6, 6.07) is 0. The van der Waals surface area contributed by atoms with Gasteiger partial charge in [-0.05, 0) is 68.8 Å². The van der Waals surface area contributed by atoms with Crippen molar-refractivity contribution in [1.29, 1.82) is 0 Å². The highest BCUT2D eigenvalue weighted by molar-refractivity contribution is 5.85. The summed E-state index contributed by atoms with van der Waals surface area (Å²) in [7, 11) is 0. The summed E-state index contributed by atoms with van der Waals surface area (Å²) in [5.74, 6) is -1.58. The van der Waals surface area contributed by atoms with Crippen molar-refractivity contribution in [2.45, 2.75) is 113 Å². The molecule has 0 aromatic rings. The number of hydrogen-bond acceptors (Lipinski definition) is 11. The van der Waals surface area contributed by atoms with Crippen molar-refractivity contribution in [2.24, 2.45) is 34.5 Å². The number of carbonyl (C=O) groups excluding carboxylic acids is 1. The minimum Gasteiger partial charge on any atom is -0.458 e. The van der Waals surface area contributed by atoms with Crippen LogP contribution in [0.15, 0.2) is 11.6 Å². The first-order chi connectivity index (χ1) is 18.9. The quantitative estimate of drug-likeness (QED) is 0.169. The van der Waals surface area contributed by atoms with Crippen LogP contribution in [0.4, 0.5) is 0 Å². The third kappa shape index (κ3) is 3.92. The number of hydrogen-bond donors (Lipinski definition) is 7. The van der Waals surface area contributed by atoms with Crippen LogP contribution in [0.25, 0.3) is 0 Å². The summed E-state index contributed by atoms with van der Waals surface area (Å²) in [6.45, 7) is 3.43. The molecule has 2 aliphatic heterocycles. The van der Waals surface area contributed by atoms with Gasteiger partial charge >= 0.3 is 5.97 Å². The Hall–Kier alpha value is -1.15. The van der Waals surface area contributed by atoms with Gasteiger partial charge in [-0.3, -0.25) is 0 Å². The number of esters is 1. The number of cyclic esters (lactones) is 1. The lowest BCUT2D eigenvalue weighted by molar-refractivity contribution is -0.320. The number of fused-ring (bicyclic) bond motifs is 5. The third-order valence-electron chi connectivity index (χ3n) is 12.1. The molecular weight excluding hydrogens is 524 g/mol. The first kappa shape index (κ1) is 28.9. The van der Waals surface area contributed by atoms with Gasteiger partial charge in [0.1, 0.15) is 24.9 Å². The molecule has 15 atom stereocenters. The summed E-state index contributed by atoms with van der Waals surface area (Å²) in [5, 5.41) is 77.4. The summed E-state index contributed by atoms with van der Waals surface area (Å²) in [6.07, 6.45) is -3.79. The van der Waals surface area contributed by atoms with Crippen LogP contribution in [0, 0.1) is 34.5 Å².